The average Bonchev–Trinajstić information content (AvgIpc) is 2.40. The molecule has 0 aromatic heterocycles. The predicted octanol–water partition coefficient (Wildman–Crippen LogP) is 4.22. The van der Waals surface area contributed by atoms with Crippen LogP contribution < -0.4 is 4.74 Å². The van der Waals surface area contributed by atoms with Crippen molar-refractivity contribution in [3.63, 3.8) is 0 Å². The molecule has 0 aliphatic rings. The number of esters is 1. The summed E-state index contributed by atoms with van der Waals surface area (Å²) < 4.78 is 5.25. The van der Waals surface area contributed by atoms with Crippen LogP contribution in [0.4, 0.5) is 0 Å². The second kappa shape index (κ2) is 5.70. The number of carbonyl (C=O) groups excluding carboxylic acids is 1. The van der Waals surface area contributed by atoms with E-state index in [9.17, 15) is 4.79 Å². The summed E-state index contributed by atoms with van der Waals surface area (Å²) >= 11 is 0. The lowest BCUT2D eigenvalue weighted by atomic mass is 10.0. The van der Waals surface area contributed by atoms with Crippen LogP contribution in [0.2, 0.25) is 0 Å². The summed E-state index contributed by atoms with van der Waals surface area (Å²) in [5.41, 5.74) is 3.52. The fourth-order valence-corrected chi connectivity index (χ4v) is 1.70. The summed E-state index contributed by atoms with van der Waals surface area (Å²) in [6.07, 6.45) is 0. The second-order valence-electron chi connectivity index (χ2n) is 4.97. The summed E-state index contributed by atoms with van der Waals surface area (Å²) in [5.74, 6) is 0.273. The molecular formula is C17H18O2. The van der Waals surface area contributed by atoms with E-state index in [4.69, 9.17) is 4.74 Å². The maximum Gasteiger partial charge on any atom is 0.313 e. The Bertz CT molecular complexity index is 551. The van der Waals surface area contributed by atoms with Crippen LogP contribution in [0.3, 0.4) is 0 Å². The lowest BCUT2D eigenvalue weighted by molar-refractivity contribution is -0.137. The van der Waals surface area contributed by atoms with Crippen LogP contribution in [0.15, 0.2) is 48.5 Å². The fraction of sp³-hybridized carbons (Fsp3) is 0.235. The maximum atomic E-state index is 11.5. The molecule has 2 aromatic carbocycles. The highest BCUT2D eigenvalue weighted by Crippen LogP contribution is 2.23. The highest BCUT2D eigenvalue weighted by Gasteiger charge is 2.09. The van der Waals surface area contributed by atoms with E-state index >= 15 is 0 Å². The van der Waals surface area contributed by atoms with Gasteiger partial charge in [-0.15, -0.1) is 0 Å². The van der Waals surface area contributed by atoms with Gasteiger partial charge in [0.15, 0.2) is 0 Å². The third-order valence-corrected chi connectivity index (χ3v) is 2.93. The number of hydrogen-bond acceptors (Lipinski definition) is 2. The van der Waals surface area contributed by atoms with Crippen molar-refractivity contribution in [2.24, 2.45) is 5.92 Å². The van der Waals surface area contributed by atoms with Crippen LogP contribution in [0.1, 0.15) is 19.4 Å². The number of carbonyl (C=O) groups is 1. The predicted molar refractivity (Wildman–Crippen MR) is 77.1 cm³/mol. The van der Waals surface area contributed by atoms with E-state index in [2.05, 4.69) is 31.2 Å². The Labute approximate surface area is 114 Å². The van der Waals surface area contributed by atoms with E-state index in [1.807, 2.05) is 38.1 Å². The molecule has 19 heavy (non-hydrogen) atoms. The Balaban J connectivity index is 2.14. The minimum absolute atomic E-state index is 0.114. The van der Waals surface area contributed by atoms with Crippen molar-refractivity contribution in [3.05, 3.63) is 54.1 Å². The van der Waals surface area contributed by atoms with Gasteiger partial charge in [0.2, 0.25) is 0 Å². The van der Waals surface area contributed by atoms with E-state index in [0.717, 1.165) is 11.1 Å². The molecule has 0 bridgehead atoms. The molecule has 0 spiro atoms. The fourth-order valence-electron chi connectivity index (χ4n) is 1.70. The first-order valence-corrected chi connectivity index (χ1v) is 6.45. The lowest BCUT2D eigenvalue weighted by Crippen LogP contribution is -2.14. The van der Waals surface area contributed by atoms with E-state index in [1.165, 1.54) is 5.56 Å². The number of rotatable bonds is 3. The molecule has 0 fully saturated rings. The maximum absolute atomic E-state index is 11.5. The van der Waals surface area contributed by atoms with E-state index in [-0.39, 0.29) is 11.9 Å². The molecule has 0 unspecified atom stereocenters. The molecule has 0 saturated heterocycles. The summed E-state index contributed by atoms with van der Waals surface area (Å²) in [7, 11) is 0. The summed E-state index contributed by atoms with van der Waals surface area (Å²) in [6, 6.07) is 15.9. The van der Waals surface area contributed by atoms with Crippen molar-refractivity contribution in [1.82, 2.24) is 0 Å². The van der Waals surface area contributed by atoms with Crippen LogP contribution in [0.5, 0.6) is 5.75 Å². The molecule has 2 nitrogen and oxygen atoms in total. The number of aryl methyl sites for hydroxylation is 1. The van der Waals surface area contributed by atoms with Crippen LogP contribution in [-0.2, 0) is 4.79 Å². The Hall–Kier alpha value is -2.09. The summed E-state index contributed by atoms with van der Waals surface area (Å²) in [5, 5.41) is 0. The molecule has 0 heterocycles. The molecule has 2 heteroatoms. The quantitative estimate of drug-likeness (QED) is 0.605. The molecule has 0 aliphatic heterocycles. The van der Waals surface area contributed by atoms with Crippen LogP contribution >= 0.6 is 0 Å². The van der Waals surface area contributed by atoms with Crippen molar-refractivity contribution in [2.45, 2.75) is 20.8 Å². The Morgan fingerprint density at radius 3 is 1.84 bits per heavy atom. The van der Waals surface area contributed by atoms with Gasteiger partial charge in [0.05, 0.1) is 5.92 Å². The van der Waals surface area contributed by atoms with Gasteiger partial charge in [0.25, 0.3) is 0 Å². The molecule has 0 atom stereocenters. The minimum atomic E-state index is -0.205. The molecule has 0 radical (unpaired) electrons. The Kier molecular flexibility index (Phi) is 4.00. The number of ether oxygens (including phenoxy) is 1. The van der Waals surface area contributed by atoms with E-state index < -0.39 is 0 Å². The minimum Gasteiger partial charge on any atom is -0.426 e. The van der Waals surface area contributed by atoms with Gasteiger partial charge in [-0.1, -0.05) is 55.8 Å². The third-order valence-electron chi connectivity index (χ3n) is 2.93. The Morgan fingerprint density at radius 2 is 1.37 bits per heavy atom. The molecule has 98 valence electrons. The number of benzene rings is 2. The van der Waals surface area contributed by atoms with Gasteiger partial charge in [0.1, 0.15) is 5.75 Å². The smallest absolute Gasteiger partial charge is 0.313 e. The molecule has 0 aliphatic carbocycles. The van der Waals surface area contributed by atoms with Crippen LogP contribution in [-0.4, -0.2) is 5.97 Å². The van der Waals surface area contributed by atoms with Crippen molar-refractivity contribution < 1.29 is 9.53 Å². The van der Waals surface area contributed by atoms with Crippen LogP contribution in [0.25, 0.3) is 11.1 Å². The van der Waals surface area contributed by atoms with Gasteiger partial charge >= 0.3 is 5.97 Å². The van der Waals surface area contributed by atoms with E-state index in [1.54, 1.807) is 0 Å². The zero-order valence-corrected chi connectivity index (χ0v) is 11.5. The summed E-state index contributed by atoms with van der Waals surface area (Å²) in [4.78, 5) is 11.5. The topological polar surface area (TPSA) is 26.3 Å². The first-order chi connectivity index (χ1) is 9.06. The van der Waals surface area contributed by atoms with Crippen molar-refractivity contribution in [1.29, 1.82) is 0 Å². The van der Waals surface area contributed by atoms with Crippen molar-refractivity contribution in [3.8, 4) is 16.9 Å². The van der Waals surface area contributed by atoms with Gasteiger partial charge in [-0.3, -0.25) is 4.79 Å². The van der Waals surface area contributed by atoms with Gasteiger partial charge in [-0.2, -0.15) is 0 Å². The normalized spacial score (nSPS) is 10.5. The molecule has 0 amide bonds. The van der Waals surface area contributed by atoms with Crippen molar-refractivity contribution >= 4 is 5.97 Å². The second-order valence-corrected chi connectivity index (χ2v) is 4.97. The lowest BCUT2D eigenvalue weighted by Gasteiger charge is -2.07. The Morgan fingerprint density at radius 1 is 0.895 bits per heavy atom. The van der Waals surface area contributed by atoms with Gasteiger partial charge in [0, 0.05) is 0 Å². The zero-order valence-electron chi connectivity index (χ0n) is 11.5. The summed E-state index contributed by atoms with van der Waals surface area (Å²) in [6.45, 7) is 5.71. The SMILES string of the molecule is Cc1ccc(-c2ccc(OC(=O)C(C)C)cc2)cc1. The molecule has 0 saturated carbocycles. The standard InChI is InChI=1S/C17H18O2/c1-12(2)17(18)19-16-10-8-15(9-11-16)14-6-4-13(3)5-7-14/h4-12H,1-3H3. The van der Waals surface area contributed by atoms with Crippen molar-refractivity contribution in [2.75, 3.05) is 0 Å². The monoisotopic (exact) mass is 254 g/mol. The zero-order chi connectivity index (χ0) is 13.8. The highest BCUT2D eigenvalue weighted by atomic mass is 16.5. The molecule has 2 rings (SSSR count). The molecule has 2 aromatic rings. The average molecular weight is 254 g/mol. The van der Waals surface area contributed by atoms with Gasteiger partial charge < -0.3 is 4.74 Å². The first kappa shape index (κ1) is 13.3. The third kappa shape index (κ3) is 3.44. The number of hydrogen-bond donors (Lipinski definition) is 0. The first-order valence-electron chi connectivity index (χ1n) is 6.45. The highest BCUT2D eigenvalue weighted by molar-refractivity contribution is 5.74. The molecule has 0 N–H and O–H groups in total. The van der Waals surface area contributed by atoms with Crippen LogP contribution in [0, 0.1) is 12.8 Å². The molecular weight excluding hydrogens is 236 g/mol. The van der Waals surface area contributed by atoms with E-state index in [0.29, 0.717) is 5.75 Å². The van der Waals surface area contributed by atoms with Gasteiger partial charge in [-0.25, -0.2) is 0 Å². The largest absolute Gasteiger partial charge is 0.426 e. The van der Waals surface area contributed by atoms with Gasteiger partial charge in [-0.05, 0) is 30.2 Å².